The third kappa shape index (κ3) is 4.88. The van der Waals surface area contributed by atoms with Gasteiger partial charge in [0.05, 0.1) is 5.69 Å². The molecule has 2 aromatic carbocycles. The van der Waals surface area contributed by atoms with Crippen LogP contribution in [0.4, 0.5) is 5.69 Å². The van der Waals surface area contributed by atoms with Crippen LogP contribution >= 0.6 is 0 Å². The summed E-state index contributed by atoms with van der Waals surface area (Å²) in [5.41, 5.74) is 2.35. The molecule has 2 aromatic rings. The number of nitrogens with zero attached hydrogens (tertiary/aromatic N) is 2. The number of anilines is 1. The first kappa shape index (κ1) is 20.7. The Labute approximate surface area is 172 Å². The van der Waals surface area contributed by atoms with Gasteiger partial charge in [-0.3, -0.25) is 9.59 Å². The lowest BCUT2D eigenvalue weighted by Gasteiger charge is -2.38. The fraction of sp³-hybridized carbons (Fsp3) is 0.391. The Morgan fingerprint density at radius 2 is 1.69 bits per heavy atom. The Morgan fingerprint density at radius 3 is 2.31 bits per heavy atom. The van der Waals surface area contributed by atoms with Gasteiger partial charge in [0.2, 0.25) is 5.91 Å². The highest BCUT2D eigenvalue weighted by Gasteiger charge is 2.31. The summed E-state index contributed by atoms with van der Waals surface area (Å²) in [5.74, 6) is -0.0586. The minimum absolute atomic E-state index is 0.0209. The van der Waals surface area contributed by atoms with E-state index in [4.69, 9.17) is 0 Å². The number of carbonyl (C=O) groups is 2. The molecular weight excluding hydrogens is 366 g/mol. The standard InChI is InChI=1S/C23H29N3O3/c1-16(2)21(24-22(28)18-8-6-7-17(3)15-18)23(29)26-13-11-25(12-14-26)19-9-4-5-10-20(19)27/h4-10,15-16,21,27H,11-14H2,1-3H3,(H,24,28)/t21-/m0/s1. The molecule has 1 atom stereocenters. The van der Waals surface area contributed by atoms with E-state index in [1.807, 2.05) is 51.1 Å². The Bertz CT molecular complexity index is 873. The zero-order valence-corrected chi connectivity index (χ0v) is 17.3. The summed E-state index contributed by atoms with van der Waals surface area (Å²) in [5, 5.41) is 13.0. The Kier molecular flexibility index (Phi) is 6.42. The van der Waals surface area contributed by atoms with E-state index < -0.39 is 6.04 Å². The number of phenolic OH excluding ortho intramolecular Hbond substituents is 1. The molecule has 3 rings (SSSR count). The quantitative estimate of drug-likeness (QED) is 0.817. The number of hydrogen-bond donors (Lipinski definition) is 2. The highest BCUT2D eigenvalue weighted by molar-refractivity contribution is 5.97. The maximum atomic E-state index is 13.1. The van der Waals surface area contributed by atoms with Gasteiger partial charge in [0.15, 0.2) is 0 Å². The van der Waals surface area contributed by atoms with E-state index in [0.717, 1.165) is 11.3 Å². The molecule has 0 saturated carbocycles. The summed E-state index contributed by atoms with van der Waals surface area (Å²) in [4.78, 5) is 29.7. The third-order valence-corrected chi connectivity index (χ3v) is 5.31. The van der Waals surface area contributed by atoms with Gasteiger partial charge in [-0.25, -0.2) is 0 Å². The molecule has 1 fully saturated rings. The lowest BCUT2D eigenvalue weighted by Crippen LogP contribution is -2.56. The second-order valence-electron chi connectivity index (χ2n) is 7.87. The lowest BCUT2D eigenvalue weighted by atomic mass is 10.0. The molecule has 0 aliphatic carbocycles. The Morgan fingerprint density at radius 1 is 1.00 bits per heavy atom. The van der Waals surface area contributed by atoms with Crippen LogP contribution in [-0.2, 0) is 4.79 Å². The second kappa shape index (κ2) is 8.99. The number of phenols is 1. The maximum absolute atomic E-state index is 13.1. The van der Waals surface area contributed by atoms with E-state index in [9.17, 15) is 14.7 Å². The monoisotopic (exact) mass is 395 g/mol. The highest BCUT2D eigenvalue weighted by Crippen LogP contribution is 2.27. The summed E-state index contributed by atoms with van der Waals surface area (Å²) in [7, 11) is 0. The van der Waals surface area contributed by atoms with Gasteiger partial charge in [0.25, 0.3) is 5.91 Å². The summed E-state index contributed by atoms with van der Waals surface area (Å²) in [6.45, 7) is 8.20. The average Bonchev–Trinajstić information content (AvgIpc) is 2.71. The molecular formula is C23H29N3O3. The highest BCUT2D eigenvalue weighted by atomic mass is 16.3. The smallest absolute Gasteiger partial charge is 0.251 e. The number of carbonyl (C=O) groups excluding carboxylic acids is 2. The van der Waals surface area contributed by atoms with Crippen molar-refractivity contribution in [1.82, 2.24) is 10.2 Å². The van der Waals surface area contributed by atoms with Crippen LogP contribution in [0.15, 0.2) is 48.5 Å². The van der Waals surface area contributed by atoms with E-state index in [-0.39, 0.29) is 23.5 Å². The molecule has 1 heterocycles. The van der Waals surface area contributed by atoms with Crippen LogP contribution in [0.2, 0.25) is 0 Å². The fourth-order valence-corrected chi connectivity index (χ4v) is 3.62. The largest absolute Gasteiger partial charge is 0.506 e. The predicted octanol–water partition coefficient (Wildman–Crippen LogP) is 2.80. The molecule has 2 N–H and O–H groups in total. The van der Waals surface area contributed by atoms with Gasteiger partial charge in [-0.05, 0) is 37.1 Å². The Balaban J connectivity index is 1.64. The molecule has 0 radical (unpaired) electrons. The van der Waals surface area contributed by atoms with Crippen LogP contribution in [-0.4, -0.2) is 54.0 Å². The van der Waals surface area contributed by atoms with Crippen molar-refractivity contribution < 1.29 is 14.7 Å². The van der Waals surface area contributed by atoms with Crippen molar-refractivity contribution in [1.29, 1.82) is 0 Å². The van der Waals surface area contributed by atoms with Gasteiger partial charge in [-0.2, -0.15) is 0 Å². The van der Waals surface area contributed by atoms with Crippen molar-refractivity contribution in [2.75, 3.05) is 31.1 Å². The molecule has 154 valence electrons. The Hall–Kier alpha value is -3.02. The van der Waals surface area contributed by atoms with Crippen LogP contribution in [0.5, 0.6) is 5.75 Å². The molecule has 0 spiro atoms. The van der Waals surface area contributed by atoms with Gasteiger partial charge in [0.1, 0.15) is 11.8 Å². The third-order valence-electron chi connectivity index (χ3n) is 5.31. The summed E-state index contributed by atoms with van der Waals surface area (Å²) in [6, 6.07) is 14.0. The molecule has 1 aliphatic rings. The van der Waals surface area contributed by atoms with Crippen LogP contribution in [0.25, 0.3) is 0 Å². The van der Waals surface area contributed by atoms with Crippen molar-refractivity contribution in [3.8, 4) is 5.75 Å². The number of amides is 2. The molecule has 6 heteroatoms. The number of para-hydroxylation sites is 2. The van der Waals surface area contributed by atoms with Crippen molar-refractivity contribution in [2.24, 2.45) is 5.92 Å². The van der Waals surface area contributed by atoms with Crippen molar-refractivity contribution in [3.63, 3.8) is 0 Å². The van der Waals surface area contributed by atoms with Crippen molar-refractivity contribution in [3.05, 3.63) is 59.7 Å². The van der Waals surface area contributed by atoms with E-state index >= 15 is 0 Å². The van der Waals surface area contributed by atoms with Gasteiger partial charge in [-0.1, -0.05) is 43.7 Å². The van der Waals surface area contributed by atoms with Gasteiger partial charge < -0.3 is 20.2 Å². The van der Waals surface area contributed by atoms with Crippen molar-refractivity contribution >= 4 is 17.5 Å². The van der Waals surface area contributed by atoms with Crippen molar-refractivity contribution in [2.45, 2.75) is 26.8 Å². The van der Waals surface area contributed by atoms with E-state index in [2.05, 4.69) is 10.2 Å². The molecule has 6 nitrogen and oxygen atoms in total. The van der Waals surface area contributed by atoms with E-state index in [0.29, 0.717) is 31.7 Å². The second-order valence-corrected chi connectivity index (χ2v) is 7.87. The lowest BCUT2D eigenvalue weighted by molar-refractivity contribution is -0.134. The summed E-state index contributed by atoms with van der Waals surface area (Å²) >= 11 is 0. The maximum Gasteiger partial charge on any atom is 0.251 e. The number of piperazine rings is 1. The zero-order chi connectivity index (χ0) is 21.0. The summed E-state index contributed by atoms with van der Waals surface area (Å²) in [6.07, 6.45) is 0. The van der Waals surface area contributed by atoms with Gasteiger partial charge in [-0.15, -0.1) is 0 Å². The van der Waals surface area contributed by atoms with Gasteiger partial charge >= 0.3 is 0 Å². The molecule has 0 bridgehead atoms. The number of rotatable bonds is 5. The number of aryl methyl sites for hydroxylation is 1. The summed E-state index contributed by atoms with van der Waals surface area (Å²) < 4.78 is 0. The first-order valence-electron chi connectivity index (χ1n) is 10.1. The average molecular weight is 396 g/mol. The van der Waals surface area contributed by atoms with Crippen LogP contribution in [0.1, 0.15) is 29.8 Å². The molecule has 29 heavy (non-hydrogen) atoms. The molecule has 0 unspecified atom stereocenters. The number of benzene rings is 2. The minimum Gasteiger partial charge on any atom is -0.506 e. The topological polar surface area (TPSA) is 72.9 Å². The van der Waals surface area contributed by atoms with E-state index in [1.54, 1.807) is 23.1 Å². The minimum atomic E-state index is -0.570. The molecule has 1 saturated heterocycles. The number of nitrogens with one attached hydrogen (secondary N) is 1. The SMILES string of the molecule is Cc1cccc(C(=O)N[C@H](C(=O)N2CCN(c3ccccc3O)CC2)C(C)C)c1. The molecule has 2 amide bonds. The zero-order valence-electron chi connectivity index (χ0n) is 17.3. The first-order chi connectivity index (χ1) is 13.9. The molecule has 0 aromatic heterocycles. The van der Waals surface area contributed by atoms with Gasteiger partial charge in [0, 0.05) is 31.7 Å². The number of aromatic hydroxyl groups is 1. The normalized spacial score (nSPS) is 15.3. The van der Waals surface area contributed by atoms with Crippen LogP contribution < -0.4 is 10.2 Å². The van der Waals surface area contributed by atoms with Crippen LogP contribution in [0, 0.1) is 12.8 Å². The molecule has 1 aliphatic heterocycles. The number of hydrogen-bond acceptors (Lipinski definition) is 4. The predicted molar refractivity (Wildman–Crippen MR) is 114 cm³/mol. The first-order valence-corrected chi connectivity index (χ1v) is 10.1. The van der Waals surface area contributed by atoms with Crippen LogP contribution in [0.3, 0.4) is 0 Å². The fourth-order valence-electron chi connectivity index (χ4n) is 3.62. The van der Waals surface area contributed by atoms with E-state index in [1.165, 1.54) is 0 Å².